The van der Waals surface area contributed by atoms with Crippen LogP contribution >= 0.6 is 0 Å². The van der Waals surface area contributed by atoms with E-state index in [1.165, 1.54) is 4.52 Å². The van der Waals surface area contributed by atoms with Crippen molar-refractivity contribution < 1.29 is 0 Å². The van der Waals surface area contributed by atoms with E-state index in [1.807, 2.05) is 30.3 Å². The Bertz CT molecular complexity index is 1000. The Kier molecular flexibility index (Phi) is 3.30. The van der Waals surface area contributed by atoms with Gasteiger partial charge in [-0.15, -0.1) is 10.2 Å². The second-order valence-corrected chi connectivity index (χ2v) is 4.45. The minimum atomic E-state index is -0.117. The second kappa shape index (κ2) is 5.42. The van der Waals surface area contributed by atoms with Crippen molar-refractivity contribution in [3.63, 3.8) is 0 Å². The zero-order valence-corrected chi connectivity index (χ0v) is 11.7. The van der Waals surface area contributed by atoms with Gasteiger partial charge in [0.05, 0.1) is 5.69 Å². The molecule has 0 atom stereocenters. The average molecular weight is 303 g/mol. The van der Waals surface area contributed by atoms with E-state index in [4.69, 9.17) is 22.0 Å². The smallest absolute Gasteiger partial charge is 0.188 e. The molecule has 23 heavy (non-hydrogen) atoms. The van der Waals surface area contributed by atoms with Gasteiger partial charge < -0.3 is 11.5 Å². The Balaban J connectivity index is 2.21. The van der Waals surface area contributed by atoms with Gasteiger partial charge in [0.2, 0.25) is 0 Å². The summed E-state index contributed by atoms with van der Waals surface area (Å²) in [5.74, 6) is 0.0183. The van der Waals surface area contributed by atoms with Gasteiger partial charge in [-0.2, -0.15) is 20.2 Å². The highest BCUT2D eigenvalue weighted by atomic mass is 15.3. The number of anilines is 2. The summed E-state index contributed by atoms with van der Waals surface area (Å²) in [6, 6.07) is 12.7. The molecular weight excluding hydrogens is 294 g/mol. The third-order valence-corrected chi connectivity index (χ3v) is 3.04. The second-order valence-electron chi connectivity index (χ2n) is 4.45. The molecule has 2 aromatic heterocycles. The summed E-state index contributed by atoms with van der Waals surface area (Å²) >= 11 is 0. The van der Waals surface area contributed by atoms with Crippen molar-refractivity contribution in [2.75, 3.05) is 11.5 Å². The maximum Gasteiger partial charge on any atom is 0.188 e. The summed E-state index contributed by atoms with van der Waals surface area (Å²) in [6.45, 7) is 0. The van der Waals surface area contributed by atoms with Crippen LogP contribution < -0.4 is 11.5 Å². The van der Waals surface area contributed by atoms with Crippen molar-refractivity contribution in [3.05, 3.63) is 41.6 Å². The van der Waals surface area contributed by atoms with Crippen LogP contribution in [0.15, 0.2) is 40.6 Å². The minimum absolute atomic E-state index is 0.0260. The zero-order valence-electron chi connectivity index (χ0n) is 11.7. The normalized spacial score (nSPS) is 10.7. The van der Waals surface area contributed by atoms with Crippen LogP contribution in [0.4, 0.5) is 23.0 Å². The Morgan fingerprint density at radius 1 is 1.04 bits per heavy atom. The van der Waals surface area contributed by atoms with Crippen LogP contribution in [0.25, 0.3) is 5.65 Å². The van der Waals surface area contributed by atoms with Gasteiger partial charge in [0.25, 0.3) is 0 Å². The summed E-state index contributed by atoms with van der Waals surface area (Å²) in [5.41, 5.74) is 12.5. The molecule has 3 aromatic rings. The summed E-state index contributed by atoms with van der Waals surface area (Å²) in [4.78, 5) is 4.06. The number of nitrogen functional groups attached to an aromatic ring is 2. The lowest BCUT2D eigenvalue weighted by Crippen LogP contribution is -2.06. The summed E-state index contributed by atoms with van der Waals surface area (Å²) < 4.78 is 1.17. The van der Waals surface area contributed by atoms with Crippen LogP contribution in [-0.4, -0.2) is 14.6 Å². The average Bonchev–Trinajstić information content (AvgIpc) is 2.89. The number of azo groups is 1. The van der Waals surface area contributed by atoms with E-state index in [0.29, 0.717) is 5.69 Å². The quantitative estimate of drug-likeness (QED) is 0.690. The molecule has 0 aliphatic carbocycles. The van der Waals surface area contributed by atoms with Gasteiger partial charge in [-0.3, -0.25) is 0 Å². The van der Waals surface area contributed by atoms with Gasteiger partial charge in [0.15, 0.2) is 22.8 Å². The van der Waals surface area contributed by atoms with Crippen LogP contribution in [0.3, 0.4) is 0 Å². The molecule has 9 nitrogen and oxygen atoms in total. The maximum atomic E-state index is 9.10. The molecule has 0 saturated carbocycles. The molecule has 1 aromatic carbocycles. The fraction of sp³-hybridized carbons (Fsp3) is 0. The highest BCUT2D eigenvalue weighted by Gasteiger charge is 2.19. The number of nitrogens with two attached hydrogens (primary N) is 2. The molecule has 0 saturated heterocycles. The summed E-state index contributed by atoms with van der Waals surface area (Å²) in [6.07, 6.45) is 0. The lowest BCUT2D eigenvalue weighted by atomic mass is 10.2. The van der Waals surface area contributed by atoms with Crippen molar-refractivity contribution >= 4 is 28.7 Å². The first-order valence-corrected chi connectivity index (χ1v) is 6.40. The molecule has 0 amide bonds. The van der Waals surface area contributed by atoms with E-state index in [1.54, 1.807) is 12.1 Å². The summed E-state index contributed by atoms with van der Waals surface area (Å²) in [5, 5.41) is 30.3. The number of rotatable bonds is 2. The molecule has 9 heteroatoms. The van der Waals surface area contributed by atoms with Gasteiger partial charge in [-0.25, -0.2) is 4.98 Å². The first-order chi connectivity index (χ1) is 11.2. The molecule has 0 aliphatic heterocycles. The van der Waals surface area contributed by atoms with Crippen molar-refractivity contribution in [3.8, 4) is 12.1 Å². The molecule has 0 radical (unpaired) electrons. The molecule has 0 fully saturated rings. The predicted octanol–water partition coefficient (Wildman–Crippen LogP) is 2.05. The summed E-state index contributed by atoms with van der Waals surface area (Å²) in [7, 11) is 0. The van der Waals surface area contributed by atoms with Crippen LogP contribution in [0.2, 0.25) is 0 Å². The SMILES string of the molecule is N#Cc1nc2c(N=Nc3ccccc3)c(N)nn2c(N)c1C#N. The third kappa shape index (κ3) is 2.28. The first-order valence-electron chi connectivity index (χ1n) is 6.40. The highest BCUT2D eigenvalue weighted by Crippen LogP contribution is 2.30. The number of hydrogen-bond donors (Lipinski definition) is 2. The lowest BCUT2D eigenvalue weighted by molar-refractivity contribution is 0.949. The van der Waals surface area contributed by atoms with E-state index in [9.17, 15) is 0 Å². The van der Waals surface area contributed by atoms with Gasteiger partial charge in [0.1, 0.15) is 23.5 Å². The van der Waals surface area contributed by atoms with E-state index in [0.717, 1.165) is 0 Å². The minimum Gasteiger partial charge on any atom is -0.382 e. The fourth-order valence-electron chi connectivity index (χ4n) is 1.96. The van der Waals surface area contributed by atoms with Crippen molar-refractivity contribution in [1.29, 1.82) is 10.5 Å². The Hall–Kier alpha value is -3.98. The molecular formula is C14H9N9. The fourth-order valence-corrected chi connectivity index (χ4v) is 1.96. The Morgan fingerprint density at radius 2 is 1.78 bits per heavy atom. The van der Waals surface area contributed by atoms with E-state index in [-0.39, 0.29) is 34.2 Å². The lowest BCUT2D eigenvalue weighted by Gasteiger charge is -2.02. The van der Waals surface area contributed by atoms with Gasteiger partial charge >= 0.3 is 0 Å². The van der Waals surface area contributed by atoms with Gasteiger partial charge in [0, 0.05) is 0 Å². The molecule has 110 valence electrons. The monoisotopic (exact) mass is 303 g/mol. The van der Waals surface area contributed by atoms with Crippen molar-refractivity contribution in [1.82, 2.24) is 14.6 Å². The molecule has 2 heterocycles. The van der Waals surface area contributed by atoms with E-state index >= 15 is 0 Å². The van der Waals surface area contributed by atoms with Crippen LogP contribution in [0, 0.1) is 22.7 Å². The third-order valence-electron chi connectivity index (χ3n) is 3.04. The van der Waals surface area contributed by atoms with Crippen molar-refractivity contribution in [2.24, 2.45) is 10.2 Å². The first kappa shape index (κ1) is 14.0. The largest absolute Gasteiger partial charge is 0.382 e. The molecule has 0 bridgehead atoms. The highest BCUT2D eigenvalue weighted by molar-refractivity contribution is 5.78. The van der Waals surface area contributed by atoms with E-state index in [2.05, 4.69) is 20.3 Å². The van der Waals surface area contributed by atoms with Crippen LogP contribution in [0.5, 0.6) is 0 Å². The number of benzene rings is 1. The van der Waals surface area contributed by atoms with Crippen molar-refractivity contribution in [2.45, 2.75) is 0 Å². The van der Waals surface area contributed by atoms with Crippen LogP contribution in [0.1, 0.15) is 11.3 Å². The number of nitrogens with zero attached hydrogens (tertiary/aromatic N) is 7. The number of hydrogen-bond acceptors (Lipinski definition) is 8. The molecule has 4 N–H and O–H groups in total. The van der Waals surface area contributed by atoms with Crippen LogP contribution in [-0.2, 0) is 0 Å². The number of nitriles is 2. The Labute approximate surface area is 130 Å². The predicted molar refractivity (Wildman–Crippen MR) is 81.9 cm³/mol. The molecule has 0 unspecified atom stereocenters. The molecule has 0 spiro atoms. The zero-order chi connectivity index (χ0) is 16.4. The number of fused-ring (bicyclic) bond motifs is 1. The maximum absolute atomic E-state index is 9.10. The standard InChI is InChI=1S/C14H9N9/c15-6-9-10(7-16)19-14-11(12(17)22-23(14)13(9)18)21-20-8-4-2-1-3-5-8/h1-5H,18H2,(H2,17,22). The van der Waals surface area contributed by atoms with E-state index < -0.39 is 0 Å². The Morgan fingerprint density at radius 3 is 2.43 bits per heavy atom. The van der Waals surface area contributed by atoms with Gasteiger partial charge in [-0.05, 0) is 12.1 Å². The topological polar surface area (TPSA) is 155 Å². The number of aromatic nitrogens is 3. The molecule has 3 rings (SSSR count). The molecule has 0 aliphatic rings. The van der Waals surface area contributed by atoms with Gasteiger partial charge in [-0.1, -0.05) is 18.2 Å².